The van der Waals surface area contributed by atoms with Crippen molar-refractivity contribution in [3.63, 3.8) is 0 Å². The van der Waals surface area contributed by atoms with Gasteiger partial charge in [-0.3, -0.25) is 9.69 Å². The van der Waals surface area contributed by atoms with Crippen molar-refractivity contribution in [2.75, 3.05) is 47.0 Å². The van der Waals surface area contributed by atoms with E-state index in [1.54, 1.807) is 7.11 Å². The van der Waals surface area contributed by atoms with Crippen LogP contribution in [0.3, 0.4) is 0 Å². The molecule has 1 saturated carbocycles. The molecule has 5 nitrogen and oxygen atoms in total. The molecule has 0 bridgehead atoms. The number of nitrogens with zero attached hydrogens (tertiary/aromatic N) is 1. The van der Waals surface area contributed by atoms with E-state index in [2.05, 4.69) is 5.32 Å². The van der Waals surface area contributed by atoms with E-state index in [9.17, 15) is 4.79 Å². The number of methoxy groups -OCH3 is 1. The lowest BCUT2D eigenvalue weighted by atomic mass is 10.1. The predicted octanol–water partition coefficient (Wildman–Crippen LogP) is 1.81. The predicted molar refractivity (Wildman–Crippen MR) is 84.4 cm³/mol. The van der Waals surface area contributed by atoms with Gasteiger partial charge in [0.15, 0.2) is 0 Å². The van der Waals surface area contributed by atoms with Crippen molar-refractivity contribution >= 4 is 5.91 Å². The fraction of sp³-hybridized carbons (Fsp3) is 0.938. The van der Waals surface area contributed by atoms with Gasteiger partial charge in [-0.2, -0.15) is 0 Å². The van der Waals surface area contributed by atoms with E-state index in [0.29, 0.717) is 25.8 Å². The second-order valence-electron chi connectivity index (χ2n) is 5.92. The Bertz CT molecular complexity index is 266. The van der Waals surface area contributed by atoms with Crippen LogP contribution in [0.2, 0.25) is 0 Å². The lowest BCUT2D eigenvalue weighted by Crippen LogP contribution is -2.37. The molecular weight excluding hydrogens is 268 g/mol. The largest absolute Gasteiger partial charge is 0.385 e. The minimum absolute atomic E-state index is 0.0723. The molecule has 0 radical (unpaired) electrons. The normalized spacial score (nSPS) is 16.9. The van der Waals surface area contributed by atoms with Crippen molar-refractivity contribution in [2.45, 2.75) is 51.0 Å². The summed E-state index contributed by atoms with van der Waals surface area (Å²) in [7, 11) is 3.63. The van der Waals surface area contributed by atoms with Crippen LogP contribution in [0, 0.1) is 0 Å². The lowest BCUT2D eigenvalue weighted by molar-refractivity contribution is -0.122. The Kier molecular flexibility index (Phi) is 10.5. The van der Waals surface area contributed by atoms with E-state index >= 15 is 0 Å². The van der Waals surface area contributed by atoms with Crippen LogP contribution in [0.1, 0.15) is 44.9 Å². The molecule has 0 spiro atoms. The molecule has 5 heteroatoms. The molecule has 21 heavy (non-hydrogen) atoms. The molecule has 1 N–H and O–H groups in total. The third-order valence-electron chi connectivity index (χ3n) is 3.89. The van der Waals surface area contributed by atoms with Gasteiger partial charge in [0.2, 0.25) is 5.91 Å². The molecule has 0 atom stereocenters. The zero-order valence-corrected chi connectivity index (χ0v) is 13.7. The molecule has 0 aromatic rings. The number of ether oxygens (including phenoxy) is 2. The van der Waals surface area contributed by atoms with E-state index in [1.807, 2.05) is 11.9 Å². The average molecular weight is 300 g/mol. The topological polar surface area (TPSA) is 50.8 Å². The lowest BCUT2D eigenvalue weighted by Gasteiger charge is -2.19. The summed E-state index contributed by atoms with van der Waals surface area (Å²) in [5, 5.41) is 2.90. The maximum atomic E-state index is 11.7. The van der Waals surface area contributed by atoms with Gasteiger partial charge in [0.25, 0.3) is 0 Å². The highest BCUT2D eigenvalue weighted by molar-refractivity contribution is 5.77. The molecular formula is C16H32N2O3. The van der Waals surface area contributed by atoms with Crippen LogP contribution in [0.5, 0.6) is 0 Å². The molecule has 1 fully saturated rings. The Balaban J connectivity index is 2.01. The highest BCUT2D eigenvalue weighted by atomic mass is 16.5. The first-order valence-corrected chi connectivity index (χ1v) is 8.28. The molecule has 1 aliphatic rings. The highest BCUT2D eigenvalue weighted by Crippen LogP contribution is 2.19. The Labute approximate surface area is 129 Å². The van der Waals surface area contributed by atoms with Crippen LogP contribution in [-0.4, -0.2) is 63.9 Å². The van der Waals surface area contributed by atoms with Crippen LogP contribution in [-0.2, 0) is 14.3 Å². The monoisotopic (exact) mass is 300 g/mol. The molecule has 0 aliphatic heterocycles. The Morgan fingerprint density at radius 2 is 1.90 bits per heavy atom. The third kappa shape index (κ3) is 9.82. The summed E-state index contributed by atoms with van der Waals surface area (Å²) in [6.07, 6.45) is 8.98. The first kappa shape index (κ1) is 18.4. The Morgan fingerprint density at radius 1 is 1.19 bits per heavy atom. The summed E-state index contributed by atoms with van der Waals surface area (Å²) >= 11 is 0. The summed E-state index contributed by atoms with van der Waals surface area (Å²) in [4.78, 5) is 13.7. The quantitative estimate of drug-likeness (QED) is 0.494. The molecule has 0 unspecified atom stereocenters. The minimum Gasteiger partial charge on any atom is -0.385 e. The Hall–Kier alpha value is -0.650. The molecule has 1 rings (SSSR count). The fourth-order valence-corrected chi connectivity index (χ4v) is 2.61. The van der Waals surface area contributed by atoms with Crippen molar-refractivity contribution in [2.24, 2.45) is 0 Å². The van der Waals surface area contributed by atoms with Crippen LogP contribution in [0.25, 0.3) is 0 Å². The maximum Gasteiger partial charge on any atom is 0.234 e. The van der Waals surface area contributed by atoms with Crippen molar-refractivity contribution in [1.82, 2.24) is 10.2 Å². The summed E-state index contributed by atoms with van der Waals surface area (Å²) in [5.41, 5.74) is 0. The van der Waals surface area contributed by atoms with Gasteiger partial charge < -0.3 is 14.8 Å². The van der Waals surface area contributed by atoms with Gasteiger partial charge in [-0.05, 0) is 26.3 Å². The van der Waals surface area contributed by atoms with E-state index in [-0.39, 0.29) is 5.91 Å². The maximum absolute atomic E-state index is 11.7. The highest BCUT2D eigenvalue weighted by Gasteiger charge is 2.13. The first-order valence-electron chi connectivity index (χ1n) is 8.28. The second kappa shape index (κ2) is 12.0. The van der Waals surface area contributed by atoms with Gasteiger partial charge in [-0.15, -0.1) is 0 Å². The fourth-order valence-electron chi connectivity index (χ4n) is 2.61. The van der Waals surface area contributed by atoms with Crippen LogP contribution >= 0.6 is 0 Å². The first-order chi connectivity index (χ1) is 10.2. The SMILES string of the molecule is COCCCNC(=O)CN(C)CCOC1CCCCCC1. The number of carbonyl (C=O) groups is 1. The van der Waals surface area contributed by atoms with Crippen LogP contribution in [0.15, 0.2) is 0 Å². The van der Waals surface area contributed by atoms with Crippen molar-refractivity contribution in [1.29, 1.82) is 0 Å². The van der Waals surface area contributed by atoms with Crippen molar-refractivity contribution < 1.29 is 14.3 Å². The van der Waals surface area contributed by atoms with E-state index in [1.165, 1.54) is 38.5 Å². The second-order valence-corrected chi connectivity index (χ2v) is 5.92. The number of carbonyl (C=O) groups excluding carboxylic acids is 1. The van der Waals surface area contributed by atoms with E-state index in [0.717, 1.165) is 19.6 Å². The van der Waals surface area contributed by atoms with Gasteiger partial charge in [0.1, 0.15) is 0 Å². The van der Waals surface area contributed by atoms with Gasteiger partial charge in [-0.25, -0.2) is 0 Å². The smallest absolute Gasteiger partial charge is 0.234 e. The number of amides is 1. The number of hydrogen-bond donors (Lipinski definition) is 1. The number of hydrogen-bond acceptors (Lipinski definition) is 4. The summed E-state index contributed by atoms with van der Waals surface area (Å²) in [5.74, 6) is 0.0723. The van der Waals surface area contributed by atoms with Gasteiger partial charge >= 0.3 is 0 Å². The molecule has 1 amide bonds. The minimum atomic E-state index is 0.0723. The van der Waals surface area contributed by atoms with Crippen molar-refractivity contribution in [3.05, 3.63) is 0 Å². The summed E-state index contributed by atoms with van der Waals surface area (Å²) in [6.45, 7) is 3.32. The van der Waals surface area contributed by atoms with E-state index < -0.39 is 0 Å². The van der Waals surface area contributed by atoms with Crippen LogP contribution in [0.4, 0.5) is 0 Å². The summed E-state index contributed by atoms with van der Waals surface area (Å²) < 4.78 is 10.9. The molecule has 1 aliphatic carbocycles. The third-order valence-corrected chi connectivity index (χ3v) is 3.89. The van der Waals surface area contributed by atoms with Gasteiger partial charge in [-0.1, -0.05) is 25.7 Å². The van der Waals surface area contributed by atoms with Gasteiger partial charge in [0.05, 0.1) is 19.3 Å². The molecule has 0 aromatic carbocycles. The van der Waals surface area contributed by atoms with E-state index in [4.69, 9.17) is 9.47 Å². The molecule has 124 valence electrons. The standard InChI is InChI=1S/C16H32N2O3/c1-18(14-16(19)17-10-7-12-20-2)11-13-21-15-8-5-3-4-6-9-15/h15H,3-14H2,1-2H3,(H,17,19). The number of rotatable bonds is 10. The number of nitrogens with one attached hydrogen (secondary N) is 1. The zero-order valence-electron chi connectivity index (χ0n) is 13.7. The average Bonchev–Trinajstić information content (AvgIpc) is 2.72. The van der Waals surface area contributed by atoms with Crippen LogP contribution < -0.4 is 5.32 Å². The number of likely N-dealkylation sites (N-methyl/N-ethyl adjacent to an activating group) is 1. The molecule has 0 saturated heterocycles. The van der Waals surface area contributed by atoms with Gasteiger partial charge in [0, 0.05) is 26.8 Å². The zero-order chi connectivity index (χ0) is 15.3. The Morgan fingerprint density at radius 3 is 2.57 bits per heavy atom. The molecule has 0 heterocycles. The molecule has 0 aromatic heterocycles. The summed E-state index contributed by atoms with van der Waals surface area (Å²) in [6, 6.07) is 0. The van der Waals surface area contributed by atoms with Crippen molar-refractivity contribution in [3.8, 4) is 0 Å².